The van der Waals surface area contributed by atoms with Gasteiger partial charge in [0.15, 0.2) is 0 Å². The normalized spacial score (nSPS) is 10.6. The van der Waals surface area contributed by atoms with Crippen LogP contribution in [0.2, 0.25) is 0 Å². The predicted octanol–water partition coefficient (Wildman–Crippen LogP) is 1.82. The van der Waals surface area contributed by atoms with Crippen molar-refractivity contribution in [2.24, 2.45) is 0 Å². The molecule has 1 aromatic carbocycles. The van der Waals surface area contributed by atoms with E-state index in [1.54, 1.807) is 11.4 Å². The number of urea groups is 1. The number of rotatable bonds is 2. The largest absolute Gasteiger partial charge is 0.405 e. The second-order valence-corrected chi connectivity index (χ2v) is 3.34. The minimum Gasteiger partial charge on any atom is -0.399 e. The first kappa shape index (κ1) is 13.6. The highest BCUT2D eigenvalue weighted by molar-refractivity contribution is 5.91. The van der Waals surface area contributed by atoms with Gasteiger partial charge in [-0.2, -0.15) is 18.4 Å². The van der Waals surface area contributed by atoms with Crippen LogP contribution in [0.25, 0.3) is 0 Å². The zero-order valence-corrected chi connectivity index (χ0v) is 9.01. The number of nitriles is 1. The van der Waals surface area contributed by atoms with Gasteiger partial charge in [-0.15, -0.1) is 0 Å². The number of benzene rings is 1. The summed E-state index contributed by atoms with van der Waals surface area (Å²) in [6, 6.07) is 4.78. The van der Waals surface area contributed by atoms with E-state index in [4.69, 9.17) is 11.0 Å². The third-order valence-corrected chi connectivity index (χ3v) is 1.86. The molecule has 96 valence electrons. The Labute approximate surface area is 100 Å². The van der Waals surface area contributed by atoms with E-state index in [1.807, 2.05) is 0 Å². The molecule has 0 saturated heterocycles. The Morgan fingerprint density at radius 3 is 2.67 bits per heavy atom. The van der Waals surface area contributed by atoms with E-state index in [1.165, 1.54) is 18.2 Å². The molecular weight excluding hydrogens is 249 g/mol. The maximum atomic E-state index is 11.8. The lowest BCUT2D eigenvalue weighted by Crippen LogP contribution is -2.36. The van der Waals surface area contributed by atoms with Crippen LogP contribution in [-0.2, 0) is 0 Å². The molecule has 2 amide bonds. The lowest BCUT2D eigenvalue weighted by Gasteiger charge is -2.10. The molecule has 0 aliphatic heterocycles. The molecule has 0 atom stereocenters. The van der Waals surface area contributed by atoms with Gasteiger partial charge in [-0.3, -0.25) is 0 Å². The molecule has 1 rings (SSSR count). The Hall–Kier alpha value is -2.43. The molecule has 1 aromatic rings. The molecule has 4 N–H and O–H groups in total. The highest BCUT2D eigenvalue weighted by atomic mass is 19.4. The molecule has 5 nitrogen and oxygen atoms in total. The summed E-state index contributed by atoms with van der Waals surface area (Å²) in [4.78, 5) is 11.1. The number of carbonyl (C=O) groups is 1. The number of nitrogens with two attached hydrogens (primary N) is 1. The molecule has 8 heteroatoms. The molecule has 0 aliphatic rings. The minimum absolute atomic E-state index is 0.0668. The average Bonchev–Trinajstić information content (AvgIpc) is 2.28. The maximum Gasteiger partial charge on any atom is 0.405 e. The van der Waals surface area contributed by atoms with Gasteiger partial charge in [0, 0.05) is 5.69 Å². The molecule has 0 radical (unpaired) electrons. The standard InChI is InChI=1S/C10H9F3N4O/c11-10(12,13)5-16-9(18)17-8-2-1-7(15)3-6(8)4-14/h1-3H,5,15H2,(H2,16,17,18). The molecule has 0 fully saturated rings. The van der Waals surface area contributed by atoms with Crippen LogP contribution in [0.3, 0.4) is 0 Å². The van der Waals surface area contributed by atoms with Crippen molar-refractivity contribution in [2.45, 2.75) is 6.18 Å². The summed E-state index contributed by atoms with van der Waals surface area (Å²) < 4.78 is 35.5. The summed E-state index contributed by atoms with van der Waals surface area (Å²) >= 11 is 0. The number of nitrogens with zero attached hydrogens (tertiary/aromatic N) is 1. The summed E-state index contributed by atoms with van der Waals surface area (Å²) in [5.74, 6) is 0. The Kier molecular flexibility index (Phi) is 3.99. The Morgan fingerprint density at radius 1 is 1.44 bits per heavy atom. The fraction of sp³-hybridized carbons (Fsp3) is 0.200. The van der Waals surface area contributed by atoms with E-state index < -0.39 is 18.8 Å². The second-order valence-electron chi connectivity index (χ2n) is 3.34. The first-order chi connectivity index (χ1) is 8.31. The van der Waals surface area contributed by atoms with Crippen LogP contribution in [0.1, 0.15) is 5.56 Å². The van der Waals surface area contributed by atoms with Gasteiger partial charge in [0.05, 0.1) is 11.3 Å². The molecule has 0 saturated carbocycles. The number of amides is 2. The minimum atomic E-state index is -4.49. The number of halogens is 3. The fourth-order valence-corrected chi connectivity index (χ4v) is 1.11. The second kappa shape index (κ2) is 5.27. The van der Waals surface area contributed by atoms with Crippen molar-refractivity contribution in [3.63, 3.8) is 0 Å². The van der Waals surface area contributed by atoms with Gasteiger partial charge in [-0.1, -0.05) is 0 Å². The van der Waals surface area contributed by atoms with Crippen LogP contribution in [0, 0.1) is 11.3 Å². The Balaban J connectivity index is 2.68. The molecule has 0 spiro atoms. The van der Waals surface area contributed by atoms with Crippen molar-refractivity contribution in [2.75, 3.05) is 17.6 Å². The zero-order valence-electron chi connectivity index (χ0n) is 9.01. The molecule has 0 heterocycles. The van der Waals surface area contributed by atoms with E-state index in [0.717, 1.165) is 0 Å². The predicted molar refractivity (Wildman–Crippen MR) is 58.6 cm³/mol. The van der Waals surface area contributed by atoms with Gasteiger partial charge >= 0.3 is 12.2 Å². The van der Waals surface area contributed by atoms with E-state index in [0.29, 0.717) is 5.69 Å². The lowest BCUT2D eigenvalue weighted by atomic mass is 10.2. The third-order valence-electron chi connectivity index (χ3n) is 1.86. The number of hydrogen-bond acceptors (Lipinski definition) is 3. The van der Waals surface area contributed by atoms with E-state index >= 15 is 0 Å². The monoisotopic (exact) mass is 258 g/mol. The summed E-state index contributed by atoms with van der Waals surface area (Å²) in [7, 11) is 0. The third kappa shape index (κ3) is 4.21. The van der Waals surface area contributed by atoms with Crippen molar-refractivity contribution >= 4 is 17.4 Å². The van der Waals surface area contributed by atoms with Gasteiger partial charge < -0.3 is 16.4 Å². The van der Waals surface area contributed by atoms with Crippen LogP contribution < -0.4 is 16.4 Å². The van der Waals surface area contributed by atoms with Crippen molar-refractivity contribution in [1.29, 1.82) is 5.26 Å². The molecule has 0 aliphatic carbocycles. The molecule has 0 unspecified atom stereocenters. The van der Waals surface area contributed by atoms with Gasteiger partial charge in [-0.25, -0.2) is 4.79 Å². The average molecular weight is 258 g/mol. The summed E-state index contributed by atoms with van der Waals surface area (Å²) in [6.45, 7) is -1.45. The van der Waals surface area contributed by atoms with E-state index in [2.05, 4.69) is 5.32 Å². The zero-order chi connectivity index (χ0) is 13.8. The number of hydrogen-bond donors (Lipinski definition) is 3. The van der Waals surface area contributed by atoms with Crippen molar-refractivity contribution < 1.29 is 18.0 Å². The Bertz CT molecular complexity index is 493. The number of anilines is 2. The summed E-state index contributed by atoms with van der Waals surface area (Å²) in [5.41, 5.74) is 5.89. The summed E-state index contributed by atoms with van der Waals surface area (Å²) in [5, 5.41) is 12.5. The van der Waals surface area contributed by atoms with E-state index in [-0.39, 0.29) is 11.3 Å². The highest BCUT2D eigenvalue weighted by Gasteiger charge is 2.27. The molecule has 18 heavy (non-hydrogen) atoms. The van der Waals surface area contributed by atoms with Gasteiger partial charge in [0.1, 0.15) is 12.6 Å². The number of nitrogen functional groups attached to an aromatic ring is 1. The fourth-order valence-electron chi connectivity index (χ4n) is 1.11. The van der Waals surface area contributed by atoms with Crippen molar-refractivity contribution in [3.05, 3.63) is 23.8 Å². The SMILES string of the molecule is N#Cc1cc(N)ccc1NC(=O)NCC(F)(F)F. The van der Waals surface area contributed by atoms with Gasteiger partial charge in [0.25, 0.3) is 0 Å². The van der Waals surface area contributed by atoms with Crippen molar-refractivity contribution in [3.8, 4) is 6.07 Å². The van der Waals surface area contributed by atoms with Crippen LogP contribution in [0.5, 0.6) is 0 Å². The van der Waals surface area contributed by atoms with Gasteiger partial charge in [-0.05, 0) is 18.2 Å². The number of nitrogens with one attached hydrogen (secondary N) is 2. The van der Waals surface area contributed by atoms with E-state index in [9.17, 15) is 18.0 Å². The van der Waals surface area contributed by atoms with Crippen LogP contribution in [0.4, 0.5) is 29.3 Å². The first-order valence-electron chi connectivity index (χ1n) is 4.73. The topological polar surface area (TPSA) is 90.9 Å². The highest BCUT2D eigenvalue weighted by Crippen LogP contribution is 2.18. The van der Waals surface area contributed by atoms with Crippen LogP contribution >= 0.6 is 0 Å². The van der Waals surface area contributed by atoms with Crippen molar-refractivity contribution in [1.82, 2.24) is 5.32 Å². The lowest BCUT2D eigenvalue weighted by molar-refractivity contribution is -0.122. The Morgan fingerprint density at radius 2 is 2.11 bits per heavy atom. The molecular formula is C10H9F3N4O. The number of alkyl halides is 3. The first-order valence-corrected chi connectivity index (χ1v) is 4.73. The smallest absolute Gasteiger partial charge is 0.399 e. The molecule has 0 aromatic heterocycles. The van der Waals surface area contributed by atoms with Crippen LogP contribution in [-0.4, -0.2) is 18.8 Å². The molecule has 0 bridgehead atoms. The maximum absolute atomic E-state index is 11.8. The van der Waals surface area contributed by atoms with Gasteiger partial charge in [0.2, 0.25) is 0 Å². The number of carbonyl (C=O) groups excluding carboxylic acids is 1. The quantitative estimate of drug-likeness (QED) is 0.706. The van der Waals surface area contributed by atoms with Crippen LogP contribution in [0.15, 0.2) is 18.2 Å². The summed E-state index contributed by atoms with van der Waals surface area (Å²) in [6.07, 6.45) is -4.49.